The van der Waals surface area contributed by atoms with Crippen LogP contribution in [0.25, 0.3) is 6.08 Å². The molecule has 0 aliphatic heterocycles. The highest BCUT2D eigenvalue weighted by atomic mass is 35.7. The van der Waals surface area contributed by atoms with E-state index in [4.69, 9.17) is 5.11 Å². The van der Waals surface area contributed by atoms with Gasteiger partial charge in [0.25, 0.3) is 0 Å². The molecule has 8 heteroatoms. The minimum Gasteiger partial charge on any atom is -0.478 e. The molecule has 0 saturated heterocycles. The van der Waals surface area contributed by atoms with Crippen molar-refractivity contribution < 1.29 is 37.9 Å². The van der Waals surface area contributed by atoms with Gasteiger partial charge in [0.05, 0.1) is 10.2 Å². The molecule has 0 atom stereocenters. The zero-order chi connectivity index (χ0) is 15.6. The Labute approximate surface area is 120 Å². The highest BCUT2D eigenvalue weighted by Gasteiger charge is 2.33. The van der Waals surface area contributed by atoms with Crippen molar-refractivity contribution in [3.05, 3.63) is 35.4 Å². The quantitative estimate of drug-likeness (QED) is 0.725. The molecular formula is C12H15ClO6S. The van der Waals surface area contributed by atoms with Crippen LogP contribution in [0.1, 0.15) is 12.5 Å². The number of rotatable bonds is 5. The fourth-order valence-corrected chi connectivity index (χ4v) is 4.06. The van der Waals surface area contributed by atoms with Gasteiger partial charge in [-0.1, -0.05) is 12.1 Å². The van der Waals surface area contributed by atoms with Crippen LogP contribution >= 0.6 is 10.3 Å². The normalized spacial score (nSPS) is 14.2. The molecule has 0 unspecified atom stereocenters. The van der Waals surface area contributed by atoms with Crippen LogP contribution in [-0.2, 0) is 8.53 Å². The molecule has 0 fully saturated rings. The van der Waals surface area contributed by atoms with Crippen LogP contribution in [0, 0.1) is 10.2 Å². The number of aliphatic carboxylic acids is 1. The van der Waals surface area contributed by atoms with Gasteiger partial charge >= 0.3 is 5.97 Å². The van der Waals surface area contributed by atoms with Gasteiger partial charge in [0.2, 0.25) is 0 Å². The molecular weight excluding hydrogens is 308 g/mol. The Morgan fingerprint density at radius 2 is 1.75 bits per heavy atom. The maximum Gasteiger partial charge on any atom is 0.331 e. The number of carboxylic acid groups (broad SMARTS) is 1. The molecule has 0 bridgehead atoms. The lowest BCUT2D eigenvalue weighted by Crippen LogP contribution is -2.61. The van der Waals surface area contributed by atoms with Crippen LogP contribution < -0.4 is 14.0 Å². The van der Waals surface area contributed by atoms with E-state index in [1.54, 1.807) is 24.3 Å². The fraction of sp³-hybridized carbons (Fsp3) is 0.250. The van der Waals surface area contributed by atoms with Gasteiger partial charge in [0.1, 0.15) is 3.74 Å². The van der Waals surface area contributed by atoms with Gasteiger partial charge in [-0.05, 0) is 30.7 Å². The van der Waals surface area contributed by atoms with E-state index in [1.807, 2.05) is 0 Å². The smallest absolute Gasteiger partial charge is 0.331 e. The summed E-state index contributed by atoms with van der Waals surface area (Å²) in [5, 5.41) is 8.77. The maximum atomic E-state index is 10.7. The van der Waals surface area contributed by atoms with Gasteiger partial charge < -0.3 is 5.11 Å². The zero-order valence-electron chi connectivity index (χ0n) is 11.2. The van der Waals surface area contributed by atoms with Crippen LogP contribution in [-0.4, -0.2) is 23.6 Å². The van der Waals surface area contributed by atoms with Gasteiger partial charge in [0.15, 0.2) is 0 Å². The molecule has 0 aliphatic rings. The molecule has 6 nitrogen and oxygen atoms in total. The number of carbonyl (C=O) groups is 1. The van der Waals surface area contributed by atoms with Crippen molar-refractivity contribution in [1.29, 1.82) is 0 Å². The SMILES string of the molecule is CC(=Cc1ccc(S(C)(C)O[Cl+3]([O-])([O-])[O-])cc1)C(=O)O. The molecule has 1 aromatic rings. The first kappa shape index (κ1) is 17.0. The monoisotopic (exact) mass is 322 g/mol. The summed E-state index contributed by atoms with van der Waals surface area (Å²) in [4.78, 5) is 11.3. The van der Waals surface area contributed by atoms with E-state index in [0.717, 1.165) is 0 Å². The Morgan fingerprint density at radius 1 is 1.25 bits per heavy atom. The topological polar surface area (TPSA) is 116 Å². The lowest BCUT2D eigenvalue weighted by atomic mass is 10.1. The average molecular weight is 323 g/mol. The largest absolute Gasteiger partial charge is 0.478 e. The highest BCUT2D eigenvalue weighted by molar-refractivity contribution is 8.28. The number of hydrogen-bond acceptors (Lipinski definition) is 5. The number of hydrogen-bond donors (Lipinski definition) is 1. The second-order valence-corrected chi connectivity index (χ2v) is 8.57. The van der Waals surface area contributed by atoms with Crippen molar-refractivity contribution >= 4 is 22.4 Å². The number of halogens is 1. The Kier molecular flexibility index (Phi) is 5.20. The predicted octanol–water partition coefficient (Wildman–Crippen LogP) is -0.573. The first-order valence-corrected chi connectivity index (χ1v) is 8.99. The number of benzene rings is 1. The predicted molar refractivity (Wildman–Crippen MR) is 66.5 cm³/mol. The second-order valence-electron chi connectivity index (χ2n) is 4.38. The first-order chi connectivity index (χ1) is 9.01. The van der Waals surface area contributed by atoms with Gasteiger partial charge in [-0.2, -0.15) is 14.0 Å². The molecule has 1 N–H and O–H groups in total. The van der Waals surface area contributed by atoms with Crippen molar-refractivity contribution in [2.45, 2.75) is 11.8 Å². The maximum absolute atomic E-state index is 10.7. The summed E-state index contributed by atoms with van der Waals surface area (Å²) >= 11 is 0. The molecule has 0 saturated carbocycles. The van der Waals surface area contributed by atoms with Crippen molar-refractivity contribution in [1.82, 2.24) is 0 Å². The molecule has 0 heterocycles. The van der Waals surface area contributed by atoms with E-state index in [1.165, 1.54) is 25.5 Å². The Hall–Kier alpha value is -1.09. The van der Waals surface area contributed by atoms with E-state index in [-0.39, 0.29) is 5.57 Å². The minimum absolute atomic E-state index is 0.182. The van der Waals surface area contributed by atoms with Crippen LogP contribution in [0.2, 0.25) is 0 Å². The van der Waals surface area contributed by atoms with Crippen LogP contribution in [0.4, 0.5) is 0 Å². The number of carboxylic acids is 1. The molecule has 0 amide bonds. The van der Waals surface area contributed by atoms with Gasteiger partial charge in [-0.15, -0.1) is 0 Å². The molecule has 0 radical (unpaired) electrons. The van der Waals surface area contributed by atoms with E-state index in [9.17, 15) is 18.8 Å². The summed E-state index contributed by atoms with van der Waals surface area (Å²) in [5.41, 5.74) is 0.840. The third kappa shape index (κ3) is 5.12. The summed E-state index contributed by atoms with van der Waals surface area (Å²) in [7, 11) is -6.72. The van der Waals surface area contributed by atoms with E-state index < -0.39 is 26.5 Å². The second kappa shape index (κ2) is 6.13. The Morgan fingerprint density at radius 3 is 2.15 bits per heavy atom. The van der Waals surface area contributed by atoms with Crippen LogP contribution in [0.5, 0.6) is 0 Å². The Bertz CT molecular complexity index is 518. The third-order valence-corrected chi connectivity index (χ3v) is 5.69. The summed E-state index contributed by atoms with van der Waals surface area (Å²) in [6.07, 6.45) is 4.55. The fourth-order valence-electron chi connectivity index (χ4n) is 1.43. The molecule has 0 aromatic heterocycles. The van der Waals surface area contributed by atoms with Crippen LogP contribution in [0.3, 0.4) is 0 Å². The lowest BCUT2D eigenvalue weighted by Gasteiger charge is -2.26. The lowest BCUT2D eigenvalue weighted by molar-refractivity contribution is -1.91. The molecule has 0 aliphatic carbocycles. The molecule has 0 spiro atoms. The third-order valence-electron chi connectivity index (χ3n) is 2.40. The summed E-state index contributed by atoms with van der Waals surface area (Å²) in [6.45, 7) is 1.47. The van der Waals surface area contributed by atoms with Crippen molar-refractivity contribution in [3.63, 3.8) is 0 Å². The van der Waals surface area contributed by atoms with Crippen molar-refractivity contribution in [2.75, 3.05) is 12.5 Å². The average Bonchev–Trinajstić information content (AvgIpc) is 2.26. The van der Waals surface area contributed by atoms with Crippen LogP contribution in [0.15, 0.2) is 34.7 Å². The molecule has 1 rings (SSSR count). The van der Waals surface area contributed by atoms with Gasteiger partial charge in [0, 0.05) is 33.3 Å². The molecule has 112 valence electrons. The minimum atomic E-state index is -4.49. The van der Waals surface area contributed by atoms with E-state index >= 15 is 0 Å². The summed E-state index contributed by atoms with van der Waals surface area (Å²) in [6, 6.07) is 6.48. The molecule has 20 heavy (non-hydrogen) atoms. The van der Waals surface area contributed by atoms with Crippen molar-refractivity contribution in [3.8, 4) is 0 Å². The summed E-state index contributed by atoms with van der Waals surface area (Å²) in [5.74, 6) is -1.01. The van der Waals surface area contributed by atoms with Gasteiger partial charge in [-0.3, -0.25) is 0 Å². The summed E-state index contributed by atoms with van der Waals surface area (Å²) < 4.78 is 36.5. The zero-order valence-corrected chi connectivity index (χ0v) is 12.7. The van der Waals surface area contributed by atoms with E-state index in [0.29, 0.717) is 10.5 Å². The first-order valence-electron chi connectivity index (χ1n) is 5.38. The Balaban J connectivity index is 2.97. The molecule has 1 aromatic carbocycles. The van der Waals surface area contributed by atoms with E-state index in [2.05, 4.69) is 3.74 Å². The highest BCUT2D eigenvalue weighted by Crippen LogP contribution is 2.51. The standard InChI is InChI=1S/C12H15ClO6S/c1-9(12(14)15)8-10-4-6-11(7-5-10)20(2,3)19-13(16,17)18/h4-8H,1-3H3,(H,14,15). The van der Waals surface area contributed by atoms with Gasteiger partial charge in [-0.25, -0.2) is 4.79 Å². The van der Waals surface area contributed by atoms with Crippen molar-refractivity contribution in [2.24, 2.45) is 0 Å².